The summed E-state index contributed by atoms with van der Waals surface area (Å²) >= 11 is 0. The monoisotopic (exact) mass is 757 g/mol. The Morgan fingerprint density at radius 3 is 1.97 bits per heavy atom. The molecule has 0 saturated heterocycles. The maximum atomic E-state index is 6.79. The Hall–Kier alpha value is -7.63. The van der Waals surface area contributed by atoms with E-state index in [4.69, 9.17) is 23.8 Å². The van der Waals surface area contributed by atoms with Crippen molar-refractivity contribution >= 4 is 50.0 Å². The predicted molar refractivity (Wildman–Crippen MR) is 240 cm³/mol. The first-order valence-corrected chi connectivity index (χ1v) is 20.0. The number of hydrogen-bond donors (Lipinski definition) is 0. The summed E-state index contributed by atoms with van der Waals surface area (Å²) in [5, 5.41) is 4.29. The molecule has 3 heterocycles. The van der Waals surface area contributed by atoms with Gasteiger partial charge in [0, 0.05) is 55.1 Å². The van der Waals surface area contributed by atoms with Gasteiger partial charge in [0.25, 0.3) is 0 Å². The largest absolute Gasteiger partial charge is 0.456 e. The number of allylic oxidation sites excluding steroid dienone is 5. The minimum Gasteiger partial charge on any atom is -0.456 e. The number of hydrogen-bond acceptors (Lipinski definition) is 5. The van der Waals surface area contributed by atoms with Crippen molar-refractivity contribution in [1.29, 1.82) is 0 Å². The molecule has 5 nitrogen and oxygen atoms in total. The van der Waals surface area contributed by atoms with Crippen LogP contribution >= 0.6 is 0 Å². The van der Waals surface area contributed by atoms with Gasteiger partial charge in [0.15, 0.2) is 17.5 Å². The summed E-state index contributed by atoms with van der Waals surface area (Å²) in [4.78, 5) is 15.4. The second kappa shape index (κ2) is 12.9. The van der Waals surface area contributed by atoms with Crippen molar-refractivity contribution in [2.45, 2.75) is 12.8 Å². The minimum absolute atomic E-state index is 0.0756. The third kappa shape index (κ3) is 5.35. The van der Waals surface area contributed by atoms with Crippen molar-refractivity contribution in [2.75, 3.05) is 0 Å². The standard InChI is InChI=1S/C54H35N3O2/c1-54-29-8-7-22-44(54)43-32-37(27-26-33(43)28-30-54)53-56-51(34-13-3-2-4-14-34)55-52(57-53)36-16-9-15-35(31-36)38-18-11-25-47-48(38)42-21-10-20-40(50(42)59-47)39-19-12-24-46-49(39)41-17-5-6-23-45(41)58-46/h2-32,44H,1H3/t44?,54-/m0/s1. The van der Waals surface area contributed by atoms with Crippen LogP contribution in [0.15, 0.2) is 191 Å². The number of benzene rings is 7. The second-order valence-electron chi connectivity index (χ2n) is 15.8. The highest BCUT2D eigenvalue weighted by Gasteiger charge is 2.34. The lowest BCUT2D eigenvalue weighted by atomic mass is 9.67. The molecule has 7 aromatic carbocycles. The normalized spacial score (nSPS) is 16.9. The highest BCUT2D eigenvalue weighted by Crippen LogP contribution is 2.48. The van der Waals surface area contributed by atoms with E-state index in [-0.39, 0.29) is 11.3 Å². The summed E-state index contributed by atoms with van der Waals surface area (Å²) in [6.07, 6.45) is 13.4. The van der Waals surface area contributed by atoms with Gasteiger partial charge in [0.05, 0.1) is 0 Å². The molecule has 0 bridgehead atoms. The Kier molecular flexibility index (Phi) is 7.35. The zero-order valence-corrected chi connectivity index (χ0v) is 32.1. The van der Waals surface area contributed by atoms with Crippen LogP contribution in [-0.4, -0.2) is 15.0 Å². The topological polar surface area (TPSA) is 65.0 Å². The van der Waals surface area contributed by atoms with Crippen LogP contribution in [-0.2, 0) is 0 Å². The molecule has 0 amide bonds. The van der Waals surface area contributed by atoms with Gasteiger partial charge >= 0.3 is 0 Å². The Labute approximate surface area is 340 Å². The van der Waals surface area contributed by atoms with E-state index in [0.29, 0.717) is 17.5 Å². The first-order chi connectivity index (χ1) is 29.1. The maximum absolute atomic E-state index is 6.79. The van der Waals surface area contributed by atoms with E-state index in [1.165, 1.54) is 11.1 Å². The van der Waals surface area contributed by atoms with Crippen molar-refractivity contribution < 1.29 is 8.83 Å². The highest BCUT2D eigenvalue weighted by molar-refractivity contribution is 6.19. The Bertz CT molecular complexity index is 3420. The molecule has 278 valence electrons. The molecule has 0 N–H and O–H groups in total. The molecule has 0 radical (unpaired) electrons. The first kappa shape index (κ1) is 33.5. The third-order valence-electron chi connectivity index (χ3n) is 12.2. The Balaban J connectivity index is 0.998. The number of fused-ring (bicyclic) bond motifs is 9. The van der Waals surface area contributed by atoms with Crippen LogP contribution in [0.4, 0.5) is 0 Å². The zero-order chi connectivity index (χ0) is 39.1. The summed E-state index contributed by atoms with van der Waals surface area (Å²) in [7, 11) is 0. The zero-order valence-electron chi connectivity index (χ0n) is 32.1. The molecule has 59 heavy (non-hydrogen) atoms. The molecule has 1 unspecified atom stereocenters. The van der Waals surface area contributed by atoms with Gasteiger partial charge in [-0.25, -0.2) is 15.0 Å². The molecular weight excluding hydrogens is 723 g/mol. The van der Waals surface area contributed by atoms with E-state index in [9.17, 15) is 0 Å². The van der Waals surface area contributed by atoms with Gasteiger partial charge in [-0.05, 0) is 58.1 Å². The molecule has 2 aliphatic carbocycles. The first-order valence-electron chi connectivity index (χ1n) is 20.0. The van der Waals surface area contributed by atoms with E-state index in [1.54, 1.807) is 0 Å². The van der Waals surface area contributed by atoms with E-state index in [1.807, 2.05) is 36.4 Å². The lowest BCUT2D eigenvalue weighted by Gasteiger charge is -2.37. The second-order valence-corrected chi connectivity index (χ2v) is 15.8. The van der Waals surface area contributed by atoms with Crippen LogP contribution in [0.25, 0.3) is 106 Å². The third-order valence-corrected chi connectivity index (χ3v) is 12.2. The Morgan fingerprint density at radius 1 is 0.475 bits per heavy atom. The summed E-state index contributed by atoms with van der Waals surface area (Å²) in [6, 6.07) is 52.4. The molecule has 3 aromatic heterocycles. The molecule has 0 aliphatic heterocycles. The molecule has 2 aliphatic rings. The summed E-state index contributed by atoms with van der Waals surface area (Å²) < 4.78 is 13.1. The number of nitrogens with zero attached hydrogens (tertiary/aromatic N) is 3. The minimum atomic E-state index is -0.0756. The SMILES string of the molecule is C[C@@]12C=CC=CC1c1cc(-c3nc(-c4ccccc4)nc(-c4cccc(-c5cccc6oc7c(-c8cccc9oc%10ccccc%10c89)cccc7c56)c4)n3)ccc1C=C2. The van der Waals surface area contributed by atoms with Crippen molar-refractivity contribution in [1.82, 2.24) is 15.0 Å². The van der Waals surface area contributed by atoms with Crippen LogP contribution < -0.4 is 0 Å². The predicted octanol–water partition coefficient (Wildman–Crippen LogP) is 14.2. The lowest BCUT2D eigenvalue weighted by Crippen LogP contribution is -2.24. The lowest BCUT2D eigenvalue weighted by molar-refractivity contribution is 0.480. The maximum Gasteiger partial charge on any atom is 0.164 e. The van der Waals surface area contributed by atoms with Gasteiger partial charge in [0.2, 0.25) is 0 Å². The van der Waals surface area contributed by atoms with E-state index >= 15 is 0 Å². The number of para-hydroxylation sites is 2. The molecule has 5 heteroatoms. The number of aromatic nitrogens is 3. The smallest absolute Gasteiger partial charge is 0.164 e. The van der Waals surface area contributed by atoms with Crippen molar-refractivity contribution in [2.24, 2.45) is 5.41 Å². The van der Waals surface area contributed by atoms with Crippen LogP contribution in [0.3, 0.4) is 0 Å². The Morgan fingerprint density at radius 2 is 1.10 bits per heavy atom. The molecule has 2 atom stereocenters. The number of furan rings is 2. The molecule has 0 spiro atoms. The fraction of sp³-hybridized carbons (Fsp3) is 0.0556. The summed E-state index contributed by atoms with van der Waals surface area (Å²) in [6.45, 7) is 2.29. The van der Waals surface area contributed by atoms with E-state index < -0.39 is 0 Å². The number of rotatable bonds is 5. The molecule has 0 saturated carbocycles. The van der Waals surface area contributed by atoms with Gasteiger partial charge in [-0.2, -0.15) is 0 Å². The van der Waals surface area contributed by atoms with Gasteiger partial charge in [-0.15, -0.1) is 0 Å². The molecular formula is C54H35N3O2. The van der Waals surface area contributed by atoms with Gasteiger partial charge in [-0.3, -0.25) is 0 Å². The van der Waals surface area contributed by atoms with Gasteiger partial charge in [0.1, 0.15) is 22.3 Å². The summed E-state index contributed by atoms with van der Waals surface area (Å²) in [5.74, 6) is 2.13. The van der Waals surface area contributed by atoms with Crippen LogP contribution in [0.5, 0.6) is 0 Å². The fourth-order valence-corrected chi connectivity index (χ4v) is 9.23. The van der Waals surface area contributed by atoms with Crippen LogP contribution in [0.1, 0.15) is 24.0 Å². The quantitative estimate of drug-likeness (QED) is 0.175. The average Bonchev–Trinajstić information content (AvgIpc) is 3.88. The average molecular weight is 758 g/mol. The van der Waals surface area contributed by atoms with Crippen molar-refractivity contribution in [3.05, 3.63) is 193 Å². The molecule has 0 fully saturated rings. The van der Waals surface area contributed by atoms with Crippen LogP contribution in [0.2, 0.25) is 0 Å². The fourth-order valence-electron chi connectivity index (χ4n) is 9.23. The summed E-state index contributed by atoms with van der Waals surface area (Å²) in [5.41, 5.74) is 12.9. The van der Waals surface area contributed by atoms with Gasteiger partial charge < -0.3 is 8.83 Å². The molecule has 12 rings (SSSR count). The van der Waals surface area contributed by atoms with Crippen molar-refractivity contribution in [3.63, 3.8) is 0 Å². The van der Waals surface area contributed by atoms with Crippen LogP contribution in [0, 0.1) is 5.41 Å². The van der Waals surface area contributed by atoms with E-state index in [0.717, 1.165) is 82.8 Å². The van der Waals surface area contributed by atoms with Crippen molar-refractivity contribution in [3.8, 4) is 56.4 Å². The molecule has 10 aromatic rings. The highest BCUT2D eigenvalue weighted by atomic mass is 16.3. The van der Waals surface area contributed by atoms with Gasteiger partial charge in [-0.1, -0.05) is 165 Å². The van der Waals surface area contributed by atoms with E-state index in [2.05, 4.69) is 159 Å².